The summed E-state index contributed by atoms with van der Waals surface area (Å²) in [5, 5.41) is 12.5. The fourth-order valence-electron chi connectivity index (χ4n) is 3.02. The minimum absolute atomic E-state index is 0.143. The number of benzene rings is 2. The Labute approximate surface area is 174 Å². The molecule has 0 unspecified atom stereocenters. The van der Waals surface area contributed by atoms with Crippen molar-refractivity contribution < 1.29 is 14.3 Å². The van der Waals surface area contributed by atoms with Crippen molar-refractivity contribution in [2.75, 3.05) is 38.1 Å². The van der Waals surface area contributed by atoms with E-state index in [9.17, 15) is 9.59 Å². The van der Waals surface area contributed by atoms with Crippen molar-refractivity contribution in [2.45, 2.75) is 6.42 Å². The molecule has 1 N–H and O–H groups in total. The molecule has 1 fully saturated rings. The zero-order valence-electron chi connectivity index (χ0n) is 15.8. The highest BCUT2D eigenvalue weighted by Gasteiger charge is 2.22. The van der Waals surface area contributed by atoms with E-state index in [4.69, 9.17) is 21.6 Å². The lowest BCUT2D eigenvalue weighted by Crippen LogP contribution is -2.40. The quantitative estimate of drug-likeness (QED) is 0.834. The first-order chi connectivity index (χ1) is 14.1. The van der Waals surface area contributed by atoms with Gasteiger partial charge in [-0.2, -0.15) is 5.26 Å². The number of amides is 3. The standard InChI is InChI=1S/C21H21ClN4O3/c22-17-6-8-18(9-7-17)24-21(28)26-11-3-10-25(12-13-26)20(27)15-29-19-5-2-1-4-16(19)14-23/h1-2,4-9H,3,10-13,15H2,(H,24,28). The number of nitrogens with one attached hydrogen (secondary N) is 1. The monoisotopic (exact) mass is 412 g/mol. The Morgan fingerprint density at radius 2 is 1.72 bits per heavy atom. The molecule has 3 amide bonds. The van der Waals surface area contributed by atoms with Crippen molar-refractivity contribution >= 4 is 29.2 Å². The van der Waals surface area contributed by atoms with Crippen LogP contribution in [0, 0.1) is 11.3 Å². The first kappa shape index (κ1) is 20.5. The largest absolute Gasteiger partial charge is 0.482 e. The summed E-state index contributed by atoms with van der Waals surface area (Å²) in [7, 11) is 0. The number of nitriles is 1. The molecule has 8 heteroatoms. The third kappa shape index (κ3) is 5.62. The topological polar surface area (TPSA) is 85.7 Å². The highest BCUT2D eigenvalue weighted by molar-refractivity contribution is 6.30. The van der Waals surface area contributed by atoms with E-state index in [-0.39, 0.29) is 18.5 Å². The van der Waals surface area contributed by atoms with Crippen LogP contribution >= 0.6 is 11.6 Å². The molecule has 7 nitrogen and oxygen atoms in total. The average Bonchev–Trinajstić information content (AvgIpc) is 3.00. The average molecular weight is 413 g/mol. The minimum Gasteiger partial charge on any atom is -0.482 e. The number of nitrogens with zero attached hydrogens (tertiary/aromatic N) is 3. The van der Waals surface area contributed by atoms with Gasteiger partial charge in [-0.1, -0.05) is 23.7 Å². The van der Waals surface area contributed by atoms with E-state index in [0.29, 0.717) is 54.6 Å². The molecule has 1 aliphatic rings. The van der Waals surface area contributed by atoms with Gasteiger partial charge in [0.05, 0.1) is 5.56 Å². The molecule has 0 aliphatic carbocycles. The van der Waals surface area contributed by atoms with Gasteiger partial charge in [-0.15, -0.1) is 0 Å². The summed E-state index contributed by atoms with van der Waals surface area (Å²) in [6.07, 6.45) is 0.675. The van der Waals surface area contributed by atoms with Gasteiger partial charge in [-0.3, -0.25) is 4.79 Å². The van der Waals surface area contributed by atoms with Gasteiger partial charge in [-0.25, -0.2) is 4.79 Å². The molecule has 0 aromatic heterocycles. The van der Waals surface area contributed by atoms with E-state index < -0.39 is 0 Å². The fraction of sp³-hybridized carbons (Fsp3) is 0.286. The molecule has 0 atom stereocenters. The summed E-state index contributed by atoms with van der Waals surface area (Å²) >= 11 is 5.86. The first-order valence-electron chi connectivity index (χ1n) is 9.28. The van der Waals surface area contributed by atoms with Gasteiger partial charge in [-0.05, 0) is 42.8 Å². The molecular formula is C21H21ClN4O3. The molecule has 0 spiro atoms. The predicted octanol–water partition coefficient (Wildman–Crippen LogP) is 3.36. The number of hydrogen-bond acceptors (Lipinski definition) is 4. The molecule has 3 rings (SSSR count). The van der Waals surface area contributed by atoms with Gasteiger partial charge in [0, 0.05) is 36.9 Å². The third-order valence-electron chi connectivity index (χ3n) is 4.59. The molecule has 29 heavy (non-hydrogen) atoms. The number of anilines is 1. The van der Waals surface area contributed by atoms with Crippen LogP contribution in [0.25, 0.3) is 0 Å². The van der Waals surface area contributed by atoms with Gasteiger partial charge >= 0.3 is 6.03 Å². The predicted molar refractivity (Wildman–Crippen MR) is 110 cm³/mol. The van der Waals surface area contributed by atoms with E-state index in [2.05, 4.69) is 5.32 Å². The van der Waals surface area contributed by atoms with Gasteiger partial charge in [0.25, 0.3) is 5.91 Å². The maximum Gasteiger partial charge on any atom is 0.321 e. The van der Waals surface area contributed by atoms with Crippen LogP contribution in [-0.4, -0.2) is 54.5 Å². The Kier molecular flexibility index (Phi) is 6.93. The summed E-state index contributed by atoms with van der Waals surface area (Å²) in [5.41, 5.74) is 1.06. The van der Waals surface area contributed by atoms with Gasteiger partial charge < -0.3 is 19.9 Å². The first-order valence-corrected chi connectivity index (χ1v) is 9.66. The molecule has 0 radical (unpaired) electrons. The van der Waals surface area contributed by atoms with E-state index >= 15 is 0 Å². The Balaban J connectivity index is 1.51. The zero-order chi connectivity index (χ0) is 20.6. The van der Waals surface area contributed by atoms with Gasteiger partial charge in [0.1, 0.15) is 11.8 Å². The van der Waals surface area contributed by atoms with Crippen LogP contribution in [0.3, 0.4) is 0 Å². The van der Waals surface area contributed by atoms with Crippen LogP contribution in [-0.2, 0) is 4.79 Å². The summed E-state index contributed by atoms with van der Waals surface area (Å²) in [4.78, 5) is 28.4. The van der Waals surface area contributed by atoms with E-state index in [1.54, 1.807) is 58.3 Å². The lowest BCUT2D eigenvalue weighted by molar-refractivity contribution is -0.133. The van der Waals surface area contributed by atoms with E-state index in [0.717, 1.165) is 0 Å². The Bertz CT molecular complexity index is 911. The third-order valence-corrected chi connectivity index (χ3v) is 4.84. The van der Waals surface area contributed by atoms with Crippen LogP contribution in [0.5, 0.6) is 5.75 Å². The lowest BCUT2D eigenvalue weighted by Gasteiger charge is -2.22. The van der Waals surface area contributed by atoms with Crippen LogP contribution < -0.4 is 10.1 Å². The molecular weight excluding hydrogens is 392 g/mol. The summed E-state index contributed by atoms with van der Waals surface area (Å²) < 4.78 is 5.53. The maximum absolute atomic E-state index is 12.5. The lowest BCUT2D eigenvalue weighted by atomic mass is 10.2. The van der Waals surface area contributed by atoms with Crippen molar-refractivity contribution in [2.24, 2.45) is 0 Å². The molecule has 1 aliphatic heterocycles. The number of halogens is 1. The molecule has 2 aromatic carbocycles. The number of ether oxygens (including phenoxy) is 1. The Morgan fingerprint density at radius 3 is 2.48 bits per heavy atom. The fourth-order valence-corrected chi connectivity index (χ4v) is 3.15. The van der Waals surface area contributed by atoms with Gasteiger partial charge in [0.15, 0.2) is 6.61 Å². The highest BCUT2D eigenvalue weighted by atomic mass is 35.5. The minimum atomic E-state index is -0.208. The number of para-hydroxylation sites is 1. The second-order valence-electron chi connectivity index (χ2n) is 6.56. The smallest absolute Gasteiger partial charge is 0.321 e. The van der Waals surface area contributed by atoms with Crippen molar-refractivity contribution in [3.63, 3.8) is 0 Å². The second-order valence-corrected chi connectivity index (χ2v) is 6.99. The normalized spacial score (nSPS) is 13.9. The SMILES string of the molecule is N#Cc1ccccc1OCC(=O)N1CCCN(C(=O)Nc2ccc(Cl)cc2)CC1. The van der Waals surface area contributed by atoms with Crippen LogP contribution in [0.15, 0.2) is 48.5 Å². The number of rotatable bonds is 4. The van der Waals surface area contributed by atoms with Crippen molar-refractivity contribution in [1.82, 2.24) is 9.80 Å². The summed E-state index contributed by atoms with van der Waals surface area (Å²) in [6.45, 7) is 1.82. The van der Waals surface area contributed by atoms with Crippen LogP contribution in [0.4, 0.5) is 10.5 Å². The van der Waals surface area contributed by atoms with Crippen molar-refractivity contribution in [3.8, 4) is 11.8 Å². The molecule has 1 heterocycles. The van der Waals surface area contributed by atoms with E-state index in [1.165, 1.54) is 0 Å². The maximum atomic E-state index is 12.5. The zero-order valence-corrected chi connectivity index (χ0v) is 16.6. The molecule has 2 aromatic rings. The molecule has 150 valence electrons. The number of carbonyl (C=O) groups excluding carboxylic acids is 2. The number of urea groups is 1. The van der Waals surface area contributed by atoms with Crippen molar-refractivity contribution in [3.05, 3.63) is 59.1 Å². The Morgan fingerprint density at radius 1 is 1.03 bits per heavy atom. The molecule has 1 saturated heterocycles. The van der Waals surface area contributed by atoms with Crippen LogP contribution in [0.1, 0.15) is 12.0 Å². The second kappa shape index (κ2) is 9.80. The Hall–Kier alpha value is -3.24. The van der Waals surface area contributed by atoms with E-state index in [1.807, 2.05) is 6.07 Å². The summed E-state index contributed by atoms with van der Waals surface area (Å²) in [6, 6.07) is 15.5. The van der Waals surface area contributed by atoms with Gasteiger partial charge in [0.2, 0.25) is 0 Å². The number of carbonyl (C=O) groups is 2. The van der Waals surface area contributed by atoms with Crippen molar-refractivity contribution in [1.29, 1.82) is 5.26 Å². The summed E-state index contributed by atoms with van der Waals surface area (Å²) in [5.74, 6) is 0.222. The number of hydrogen-bond donors (Lipinski definition) is 1. The molecule has 0 saturated carbocycles. The van der Waals surface area contributed by atoms with Crippen LogP contribution in [0.2, 0.25) is 5.02 Å². The highest BCUT2D eigenvalue weighted by Crippen LogP contribution is 2.17. The molecule has 0 bridgehead atoms.